The van der Waals surface area contributed by atoms with E-state index in [0.717, 1.165) is 11.0 Å². The van der Waals surface area contributed by atoms with Gasteiger partial charge in [-0.25, -0.2) is 9.59 Å². The molecule has 0 radical (unpaired) electrons. The number of hydrogen-bond donors (Lipinski definition) is 3. The molecule has 5 amide bonds. The van der Waals surface area contributed by atoms with Crippen molar-refractivity contribution in [1.82, 2.24) is 19.8 Å². The predicted molar refractivity (Wildman–Crippen MR) is 69.9 cm³/mol. The van der Waals surface area contributed by atoms with E-state index in [0.29, 0.717) is 25.9 Å². The Morgan fingerprint density at radius 3 is 2.56 bits per heavy atom. The summed E-state index contributed by atoms with van der Waals surface area (Å²) in [6, 6.07) is -0.464. The Kier molecular flexibility index (Phi) is 4.23. The Morgan fingerprint density at radius 2 is 2.06 bits per heavy atom. The van der Waals surface area contributed by atoms with Gasteiger partial charge in [0, 0.05) is 30.1 Å². The summed E-state index contributed by atoms with van der Waals surface area (Å²) in [7, 11) is 0.964. The number of nitrogens with zero attached hydrogens (tertiary/aromatic N) is 2. The Hall–Kier alpha value is -1.09. The van der Waals surface area contributed by atoms with Crippen LogP contribution >= 0.6 is 22.6 Å². The zero-order chi connectivity index (χ0) is 13.1. The molecule has 2 N–H and O–H groups in total. The molecule has 2 saturated heterocycles. The molecule has 2 fully saturated rings. The predicted octanol–water partition coefficient (Wildman–Crippen LogP) is 0.205. The minimum Gasteiger partial charge on any atom is -0.324 e. The number of carbonyl (C=O) groups is 3. The van der Waals surface area contributed by atoms with E-state index < -0.39 is 0 Å². The fraction of sp³-hybridized carbons (Fsp3) is 0.667. The number of likely N-dealkylation sites (tertiary alicyclic amines) is 1. The van der Waals surface area contributed by atoms with Crippen molar-refractivity contribution in [2.75, 3.05) is 19.6 Å². The Bertz CT molecular complexity index is 371. The Balaban J connectivity index is 1.85. The van der Waals surface area contributed by atoms with Gasteiger partial charge in [0.15, 0.2) is 0 Å². The Morgan fingerprint density at radius 1 is 1.39 bits per heavy atom. The van der Waals surface area contributed by atoms with Crippen LogP contribution in [-0.4, -0.2) is 53.4 Å². The molecule has 0 spiro atoms. The average Bonchev–Trinajstić information content (AvgIpc) is 2.69. The number of rotatable bonds is 2. The molecule has 0 saturated carbocycles. The van der Waals surface area contributed by atoms with Crippen LogP contribution in [0, 0.1) is 0 Å². The normalized spacial score (nSPS) is 21.2. The molecule has 0 atom stereocenters. The summed E-state index contributed by atoms with van der Waals surface area (Å²) < 4.78 is 2.54. The lowest BCUT2D eigenvalue weighted by Crippen LogP contribution is -2.49. The summed E-state index contributed by atoms with van der Waals surface area (Å²) >= 11 is 3.85. The third-order valence-electron chi connectivity index (χ3n) is 3.15. The highest BCUT2D eigenvalue weighted by molar-refractivity contribution is 8.68. The number of piperidine rings is 1. The largest absolute Gasteiger partial charge is 0.328 e. The van der Waals surface area contributed by atoms with E-state index in [1.807, 2.05) is 0 Å². The molecule has 0 aromatic heterocycles. The molecule has 0 bridgehead atoms. The van der Waals surface area contributed by atoms with E-state index in [4.69, 9.17) is 0 Å². The number of nitrogens with one attached hydrogen (secondary N) is 2. The van der Waals surface area contributed by atoms with Gasteiger partial charge in [-0.15, -0.1) is 0 Å². The molecular weight excluding hydrogens is 276 g/mol. The lowest BCUT2D eigenvalue weighted by atomic mass is 10.0. The van der Waals surface area contributed by atoms with Gasteiger partial charge in [-0.05, 0) is 12.8 Å². The third-order valence-corrected chi connectivity index (χ3v) is 3.69. The summed E-state index contributed by atoms with van der Waals surface area (Å²) in [6.45, 7) is 1.27. The number of hydrogen-bond acceptors (Lipinski definition) is 5. The van der Waals surface area contributed by atoms with Crippen LogP contribution in [0.15, 0.2) is 0 Å². The molecule has 2 rings (SSSR count). The summed E-state index contributed by atoms with van der Waals surface area (Å²) in [5.41, 5.74) is 0. The first-order chi connectivity index (χ1) is 8.61. The van der Waals surface area contributed by atoms with Crippen molar-refractivity contribution in [2.45, 2.75) is 18.9 Å². The van der Waals surface area contributed by atoms with Crippen molar-refractivity contribution in [1.29, 1.82) is 0 Å². The second kappa shape index (κ2) is 5.70. The van der Waals surface area contributed by atoms with Gasteiger partial charge in [0.1, 0.15) is 6.54 Å². The van der Waals surface area contributed by atoms with Gasteiger partial charge in [0.25, 0.3) is 0 Å². The van der Waals surface area contributed by atoms with E-state index in [2.05, 4.69) is 21.7 Å². The molecule has 7 nitrogen and oxygen atoms in total. The lowest BCUT2D eigenvalue weighted by molar-refractivity contribution is -0.118. The van der Waals surface area contributed by atoms with Crippen molar-refractivity contribution >= 4 is 40.6 Å². The fourth-order valence-electron chi connectivity index (χ4n) is 2.24. The maximum atomic E-state index is 11.5. The van der Waals surface area contributed by atoms with E-state index in [9.17, 15) is 14.4 Å². The number of thiol groups is 1. The summed E-state index contributed by atoms with van der Waals surface area (Å²) in [4.78, 5) is 37.4. The van der Waals surface area contributed by atoms with Gasteiger partial charge >= 0.3 is 12.1 Å². The third kappa shape index (κ3) is 2.83. The number of imide groups is 1. The van der Waals surface area contributed by atoms with Gasteiger partial charge < -0.3 is 9.80 Å². The van der Waals surface area contributed by atoms with E-state index in [1.165, 1.54) is 0 Å². The SMILES string of the molecule is O=C1CN(C2CCN(C(=O)NSS)CC2)C(=O)N1. The van der Waals surface area contributed by atoms with E-state index in [-0.39, 0.29) is 30.6 Å². The summed E-state index contributed by atoms with van der Waals surface area (Å²) in [6.07, 6.45) is 1.37. The van der Waals surface area contributed by atoms with Crippen molar-refractivity contribution < 1.29 is 14.4 Å². The van der Waals surface area contributed by atoms with Crippen LogP contribution in [0.3, 0.4) is 0 Å². The van der Waals surface area contributed by atoms with Gasteiger partial charge in [-0.3, -0.25) is 14.8 Å². The van der Waals surface area contributed by atoms with Crippen LogP contribution in [-0.2, 0) is 4.79 Å². The topological polar surface area (TPSA) is 81.8 Å². The highest BCUT2D eigenvalue weighted by Gasteiger charge is 2.35. The molecule has 0 aromatic rings. The summed E-state index contributed by atoms with van der Waals surface area (Å²) in [5.74, 6) is -0.258. The Labute approximate surface area is 114 Å². The van der Waals surface area contributed by atoms with Crippen LogP contribution in [0.5, 0.6) is 0 Å². The molecule has 18 heavy (non-hydrogen) atoms. The van der Waals surface area contributed by atoms with Crippen LogP contribution in [0.25, 0.3) is 0 Å². The van der Waals surface area contributed by atoms with E-state index >= 15 is 0 Å². The van der Waals surface area contributed by atoms with Gasteiger partial charge in [0.2, 0.25) is 5.91 Å². The van der Waals surface area contributed by atoms with Gasteiger partial charge in [0.05, 0.1) is 0 Å². The zero-order valence-corrected chi connectivity index (χ0v) is 11.3. The smallest absolute Gasteiger partial charge is 0.324 e. The quantitative estimate of drug-likeness (QED) is 0.294. The van der Waals surface area contributed by atoms with E-state index in [1.54, 1.807) is 9.80 Å². The number of urea groups is 2. The van der Waals surface area contributed by atoms with Crippen molar-refractivity contribution in [3.63, 3.8) is 0 Å². The monoisotopic (exact) mass is 290 g/mol. The van der Waals surface area contributed by atoms with Gasteiger partial charge in [-0.2, -0.15) is 0 Å². The molecule has 2 heterocycles. The molecule has 2 aliphatic rings. The molecule has 0 aliphatic carbocycles. The molecule has 9 heteroatoms. The highest BCUT2D eigenvalue weighted by Crippen LogP contribution is 2.19. The zero-order valence-electron chi connectivity index (χ0n) is 9.59. The van der Waals surface area contributed by atoms with Crippen LogP contribution in [0.1, 0.15) is 12.8 Å². The second-order valence-electron chi connectivity index (χ2n) is 4.20. The minimum atomic E-state index is -0.325. The summed E-state index contributed by atoms with van der Waals surface area (Å²) in [5, 5.41) is 2.26. The second-order valence-corrected chi connectivity index (χ2v) is 5.13. The van der Waals surface area contributed by atoms with Crippen LogP contribution in [0.4, 0.5) is 9.59 Å². The maximum Gasteiger partial charge on any atom is 0.328 e. The van der Waals surface area contributed by atoms with Crippen molar-refractivity contribution in [3.05, 3.63) is 0 Å². The van der Waals surface area contributed by atoms with Crippen LogP contribution in [0.2, 0.25) is 0 Å². The molecule has 0 aromatic carbocycles. The molecule has 100 valence electrons. The molecular formula is C9H14N4O3S2. The first-order valence-electron chi connectivity index (χ1n) is 5.57. The fourth-order valence-corrected chi connectivity index (χ4v) is 2.68. The first kappa shape index (κ1) is 13.3. The highest BCUT2D eigenvalue weighted by atomic mass is 33.1. The maximum absolute atomic E-state index is 11.5. The average molecular weight is 290 g/mol. The van der Waals surface area contributed by atoms with Gasteiger partial charge in [-0.1, -0.05) is 11.7 Å². The standard InChI is InChI=1S/C9H14N4O3S2/c14-7-5-13(8(15)10-7)6-1-3-12(4-2-6)9(16)11-18-17/h6,17H,1-5H2,(H,11,16)(H,10,14,15). The number of carbonyl (C=O) groups excluding carboxylic acids is 3. The molecule has 0 unspecified atom stereocenters. The van der Waals surface area contributed by atoms with Crippen molar-refractivity contribution in [3.8, 4) is 0 Å². The van der Waals surface area contributed by atoms with Crippen molar-refractivity contribution in [2.24, 2.45) is 0 Å². The number of amides is 5. The van der Waals surface area contributed by atoms with Crippen LogP contribution < -0.4 is 10.0 Å². The first-order valence-corrected chi connectivity index (χ1v) is 7.44. The lowest BCUT2D eigenvalue weighted by Gasteiger charge is -2.35. The molecule has 2 aliphatic heterocycles. The minimum absolute atomic E-state index is 0.0316.